The normalized spacial score (nSPS) is 11.2. The van der Waals surface area contributed by atoms with Gasteiger partial charge in [0.05, 0.1) is 19.3 Å². The average molecular weight is 1010 g/mol. The van der Waals surface area contributed by atoms with Crippen LogP contribution in [-0.4, -0.2) is 46.8 Å². The molecule has 0 bridgehead atoms. The van der Waals surface area contributed by atoms with Gasteiger partial charge in [0.15, 0.2) is 20.4 Å². The van der Waals surface area contributed by atoms with Crippen LogP contribution in [0.5, 0.6) is 11.5 Å². The van der Waals surface area contributed by atoms with Gasteiger partial charge in [-0.1, -0.05) is 138 Å². The number of aryl methyl sites for hydroxylation is 1. The first kappa shape index (κ1) is 54.4. The second-order valence-corrected chi connectivity index (χ2v) is 18.9. The Kier molecular flexibility index (Phi) is 24.9. The molecule has 0 atom stereocenters. The van der Waals surface area contributed by atoms with Crippen molar-refractivity contribution in [3.63, 3.8) is 0 Å². The molecule has 10 nitrogen and oxygen atoms in total. The Bertz CT molecular complexity index is 2300. The molecule has 6 rings (SSSR count). The van der Waals surface area contributed by atoms with Crippen molar-refractivity contribution in [1.29, 1.82) is 0 Å². The van der Waals surface area contributed by atoms with Crippen LogP contribution in [0.3, 0.4) is 0 Å². The van der Waals surface area contributed by atoms with Crippen LogP contribution in [0.1, 0.15) is 120 Å². The molecule has 14 heteroatoms. The van der Waals surface area contributed by atoms with E-state index in [-0.39, 0.29) is 16.3 Å². The van der Waals surface area contributed by atoms with Gasteiger partial charge in [-0.3, -0.25) is 0 Å². The molecular weight excluding hydrogens is 933 g/mol. The van der Waals surface area contributed by atoms with Gasteiger partial charge in [0.25, 0.3) is 0 Å². The van der Waals surface area contributed by atoms with E-state index in [1.165, 1.54) is 92.0 Å². The maximum absolute atomic E-state index is 5.84. The van der Waals surface area contributed by atoms with Crippen LogP contribution in [0, 0.1) is 0 Å². The number of hydrogen-bond donors (Lipinski definition) is 8. The fraction of sp³-hybridized carbons (Fsp3) is 0.382. The minimum Gasteiger partial charge on any atom is -0.494 e. The molecule has 1 aliphatic carbocycles. The lowest BCUT2D eigenvalue weighted by molar-refractivity contribution is 0.304. The number of hydrogen-bond acceptors (Lipinski definition) is 6. The van der Waals surface area contributed by atoms with Gasteiger partial charge in [0.1, 0.15) is 11.5 Å². The molecule has 0 heterocycles. The topological polar surface area (TPSA) is 143 Å². The monoisotopic (exact) mass is 1000 g/mol. The van der Waals surface area contributed by atoms with Gasteiger partial charge in [0.2, 0.25) is 0 Å². The molecule has 0 fully saturated rings. The van der Waals surface area contributed by atoms with Crippen LogP contribution in [0.15, 0.2) is 121 Å². The molecule has 1 aliphatic rings. The van der Waals surface area contributed by atoms with E-state index in [4.69, 9.17) is 69.8 Å². The lowest BCUT2D eigenvalue weighted by Gasteiger charge is -2.18. The molecule has 0 saturated heterocycles. The number of rotatable bonds is 27. The van der Waals surface area contributed by atoms with Crippen molar-refractivity contribution in [3.05, 3.63) is 138 Å². The van der Waals surface area contributed by atoms with E-state index in [0.29, 0.717) is 11.7 Å². The van der Waals surface area contributed by atoms with Crippen molar-refractivity contribution in [1.82, 2.24) is 16.0 Å². The smallest absolute Gasteiger partial charge is 0.170 e. The lowest BCUT2D eigenvalue weighted by atomic mass is 10.1. The first-order valence-corrected chi connectivity index (χ1v) is 26.3. The summed E-state index contributed by atoms with van der Waals surface area (Å²) in [4.78, 5) is 0. The highest BCUT2D eigenvalue weighted by molar-refractivity contribution is 7.81. The number of ether oxygens (including phenoxy) is 2. The molecule has 0 amide bonds. The summed E-state index contributed by atoms with van der Waals surface area (Å²) in [6.07, 6.45) is 17.6. The number of benzene rings is 5. The van der Waals surface area contributed by atoms with Crippen LogP contribution in [0.25, 0.3) is 11.1 Å². The molecule has 0 spiro atoms. The lowest BCUT2D eigenvalue weighted by Crippen LogP contribution is -2.38. The van der Waals surface area contributed by atoms with Gasteiger partial charge in [-0.15, -0.1) is 0 Å². The van der Waals surface area contributed by atoms with Gasteiger partial charge in [0, 0.05) is 42.3 Å². The van der Waals surface area contributed by atoms with E-state index >= 15 is 0 Å². The third kappa shape index (κ3) is 20.9. The largest absolute Gasteiger partial charge is 0.494 e. The van der Waals surface area contributed by atoms with E-state index in [9.17, 15) is 0 Å². The van der Waals surface area contributed by atoms with E-state index < -0.39 is 0 Å². The molecule has 10 N–H and O–H groups in total. The molecule has 368 valence electrons. The number of nitrogens with one attached hydrogen (secondary N) is 6. The SMILES string of the molecule is CCCCc1ccc(NC(=S)NCCCCCCCCOc2cccc(NC(N)=S)c2)cc1.NC(=S)Nc1cccc(OCCCCCCCCNC(=S)NC2c3ccccc3-c3ccccc32)c1. The number of anilines is 3. The summed E-state index contributed by atoms with van der Waals surface area (Å²) in [6.45, 7) is 5.45. The zero-order valence-electron chi connectivity index (χ0n) is 40.2. The molecule has 0 saturated carbocycles. The summed E-state index contributed by atoms with van der Waals surface area (Å²) < 4.78 is 11.7. The van der Waals surface area contributed by atoms with Crippen molar-refractivity contribution >= 4 is 86.4 Å². The van der Waals surface area contributed by atoms with E-state index in [0.717, 1.165) is 85.5 Å². The van der Waals surface area contributed by atoms with Gasteiger partial charge in [-0.05, 0) is 152 Å². The van der Waals surface area contributed by atoms with Crippen molar-refractivity contribution in [3.8, 4) is 22.6 Å². The first-order chi connectivity index (χ1) is 33.7. The molecule has 0 radical (unpaired) electrons. The predicted molar refractivity (Wildman–Crippen MR) is 307 cm³/mol. The summed E-state index contributed by atoms with van der Waals surface area (Å²) in [7, 11) is 0. The Hall–Kier alpha value is -5.54. The van der Waals surface area contributed by atoms with Gasteiger partial charge < -0.3 is 52.8 Å². The predicted octanol–water partition coefficient (Wildman–Crippen LogP) is 12.7. The number of unbranched alkanes of at least 4 members (excludes halogenated alkanes) is 11. The molecule has 0 unspecified atom stereocenters. The quantitative estimate of drug-likeness (QED) is 0.0187. The zero-order chi connectivity index (χ0) is 48.9. The summed E-state index contributed by atoms with van der Waals surface area (Å²) >= 11 is 20.8. The third-order valence-electron chi connectivity index (χ3n) is 11.6. The summed E-state index contributed by atoms with van der Waals surface area (Å²) in [5, 5.41) is 21.3. The van der Waals surface area contributed by atoms with Crippen LogP contribution < -0.4 is 52.8 Å². The standard InChI is InChI=1S/C29H34N4OS2.C26H38N4OS2/c30-28(35)32-21-12-11-13-22(20-21)34-19-10-4-2-1-3-9-18-31-29(36)33-27-25-16-7-5-14-23(25)24-15-6-8-17-26(24)27;1-2-3-11-21-14-16-22(17-15-21)30-26(33)28-18-8-6-4-5-7-9-19-31-24-13-10-12-23(20-24)29-25(27)32/h5-8,11-17,20,27H,1-4,9-10,18-19H2,(H3,30,32,35)(H2,31,33,36);10,12-17,20H,2-9,11,18-19H2,1H3,(H3,27,29,32)(H2,28,30,33). The summed E-state index contributed by atoms with van der Waals surface area (Å²) in [5.41, 5.74) is 20.3. The highest BCUT2D eigenvalue weighted by Gasteiger charge is 2.28. The number of thiocarbonyl (C=S) groups is 4. The van der Waals surface area contributed by atoms with E-state index in [1.807, 2.05) is 48.5 Å². The maximum atomic E-state index is 5.84. The van der Waals surface area contributed by atoms with Gasteiger partial charge in [-0.2, -0.15) is 0 Å². The molecule has 0 aliphatic heterocycles. The van der Waals surface area contributed by atoms with Crippen LogP contribution in [0.4, 0.5) is 17.1 Å². The Morgan fingerprint density at radius 3 is 1.43 bits per heavy atom. The van der Waals surface area contributed by atoms with Crippen molar-refractivity contribution in [2.75, 3.05) is 42.3 Å². The van der Waals surface area contributed by atoms with Crippen molar-refractivity contribution in [2.45, 2.75) is 109 Å². The summed E-state index contributed by atoms with van der Waals surface area (Å²) in [6, 6.07) is 41.2. The average Bonchev–Trinajstić information content (AvgIpc) is 3.65. The molecule has 69 heavy (non-hydrogen) atoms. The van der Waals surface area contributed by atoms with Gasteiger partial charge >= 0.3 is 0 Å². The number of fused-ring (bicyclic) bond motifs is 3. The molecule has 5 aromatic carbocycles. The zero-order valence-corrected chi connectivity index (χ0v) is 43.4. The molecular formula is C55H72N8O2S4. The minimum atomic E-state index is 0.108. The minimum absolute atomic E-state index is 0.108. The molecule has 5 aromatic rings. The van der Waals surface area contributed by atoms with E-state index in [1.54, 1.807) is 0 Å². The third-order valence-corrected chi connectivity index (χ3v) is 12.3. The fourth-order valence-corrected chi connectivity index (χ4v) is 8.74. The second-order valence-electron chi connectivity index (χ2n) is 17.2. The van der Waals surface area contributed by atoms with Crippen molar-refractivity contribution < 1.29 is 9.47 Å². The Morgan fingerprint density at radius 1 is 0.478 bits per heavy atom. The highest BCUT2D eigenvalue weighted by Crippen LogP contribution is 2.43. The Labute approximate surface area is 432 Å². The maximum Gasteiger partial charge on any atom is 0.170 e. The highest BCUT2D eigenvalue weighted by atomic mass is 32.1. The summed E-state index contributed by atoms with van der Waals surface area (Å²) in [5.74, 6) is 1.66. The van der Waals surface area contributed by atoms with Crippen LogP contribution in [-0.2, 0) is 6.42 Å². The Balaban J connectivity index is 0.000000259. The Morgan fingerprint density at radius 2 is 0.942 bits per heavy atom. The fourth-order valence-electron chi connectivity index (χ4n) is 8.07. The van der Waals surface area contributed by atoms with Crippen LogP contribution >= 0.6 is 48.9 Å². The molecule has 0 aromatic heterocycles. The van der Waals surface area contributed by atoms with E-state index in [2.05, 4.69) is 112 Å². The number of nitrogens with two attached hydrogens (primary N) is 2. The van der Waals surface area contributed by atoms with Gasteiger partial charge in [-0.25, -0.2) is 0 Å². The second kappa shape index (κ2) is 31.6. The van der Waals surface area contributed by atoms with Crippen molar-refractivity contribution in [2.24, 2.45) is 11.5 Å². The first-order valence-electron chi connectivity index (χ1n) is 24.6. The van der Waals surface area contributed by atoms with Crippen LogP contribution in [0.2, 0.25) is 0 Å².